The fourth-order valence-corrected chi connectivity index (χ4v) is 3.00. The summed E-state index contributed by atoms with van der Waals surface area (Å²) in [6.45, 7) is 0.0783. The Morgan fingerprint density at radius 2 is 1.77 bits per heavy atom. The molecular weight excluding hydrogens is 450 g/mol. The maximum atomic E-state index is 12.0. The Labute approximate surface area is 203 Å². The quantitative estimate of drug-likeness (QED) is 0.321. The number of carbonyl (C=O) groups excluding carboxylic acids is 1. The van der Waals surface area contributed by atoms with Gasteiger partial charge in [-0.15, -0.1) is 0 Å². The predicted octanol–water partition coefficient (Wildman–Crippen LogP) is 3.57. The highest BCUT2D eigenvalue weighted by molar-refractivity contribution is 5.87. The molecule has 0 bridgehead atoms. The number of hydrazone groups is 1. The average Bonchev–Trinajstić information content (AvgIpc) is 2.87. The normalized spacial score (nSPS) is 10.6. The van der Waals surface area contributed by atoms with Crippen molar-refractivity contribution in [2.75, 3.05) is 32.7 Å². The number of amides is 1. The molecule has 0 unspecified atom stereocenters. The number of ether oxygens (including phenoxy) is 3. The number of aromatic carboxylic acids is 1. The van der Waals surface area contributed by atoms with E-state index in [1.807, 2.05) is 37.2 Å². The third-order valence-electron chi connectivity index (χ3n) is 4.89. The van der Waals surface area contributed by atoms with Gasteiger partial charge in [0.1, 0.15) is 12.4 Å². The van der Waals surface area contributed by atoms with Gasteiger partial charge in [-0.2, -0.15) is 5.10 Å². The van der Waals surface area contributed by atoms with Gasteiger partial charge in [-0.1, -0.05) is 18.2 Å². The van der Waals surface area contributed by atoms with E-state index in [9.17, 15) is 9.59 Å². The van der Waals surface area contributed by atoms with Gasteiger partial charge >= 0.3 is 5.97 Å². The van der Waals surface area contributed by atoms with E-state index in [2.05, 4.69) is 10.5 Å². The number of carbonyl (C=O) groups is 2. The highest BCUT2D eigenvalue weighted by Crippen LogP contribution is 2.28. The minimum Gasteiger partial charge on any atom is -0.493 e. The van der Waals surface area contributed by atoms with Crippen LogP contribution in [0.2, 0.25) is 0 Å². The lowest BCUT2D eigenvalue weighted by Gasteiger charge is -2.13. The summed E-state index contributed by atoms with van der Waals surface area (Å²) in [4.78, 5) is 24.9. The Kier molecular flexibility index (Phi) is 8.66. The summed E-state index contributed by atoms with van der Waals surface area (Å²) in [5, 5.41) is 12.9. The molecule has 0 heterocycles. The van der Waals surface area contributed by atoms with E-state index in [0.29, 0.717) is 22.8 Å². The van der Waals surface area contributed by atoms with Crippen LogP contribution in [0.5, 0.6) is 17.2 Å². The molecule has 0 atom stereocenters. The number of methoxy groups -OCH3 is 1. The van der Waals surface area contributed by atoms with Crippen molar-refractivity contribution < 1.29 is 28.9 Å². The molecule has 1 amide bonds. The smallest absolute Gasteiger partial charge is 0.335 e. The summed E-state index contributed by atoms with van der Waals surface area (Å²) >= 11 is 0. The summed E-state index contributed by atoms with van der Waals surface area (Å²) < 4.78 is 16.7. The van der Waals surface area contributed by atoms with Crippen molar-refractivity contribution in [3.8, 4) is 17.2 Å². The standard InChI is InChI=1S/C26H27N3O6/c1-29(2)21-5-4-6-22(14-21)34-17-25(30)28-27-15-19-9-12-23(24(13-19)33-3)35-16-18-7-10-20(11-8-18)26(31)32/h4-15H,16-17H2,1-3H3,(H,28,30)(H,31,32)/b27-15+. The largest absolute Gasteiger partial charge is 0.493 e. The summed E-state index contributed by atoms with van der Waals surface area (Å²) in [6.07, 6.45) is 1.49. The summed E-state index contributed by atoms with van der Waals surface area (Å²) in [7, 11) is 5.38. The molecule has 35 heavy (non-hydrogen) atoms. The van der Waals surface area contributed by atoms with Gasteiger partial charge in [-0.25, -0.2) is 10.2 Å². The van der Waals surface area contributed by atoms with Crippen LogP contribution in [-0.2, 0) is 11.4 Å². The monoisotopic (exact) mass is 477 g/mol. The van der Waals surface area contributed by atoms with Crippen LogP contribution in [0.25, 0.3) is 0 Å². The lowest BCUT2D eigenvalue weighted by atomic mass is 10.1. The van der Waals surface area contributed by atoms with Gasteiger partial charge in [-0.05, 0) is 53.6 Å². The Morgan fingerprint density at radius 3 is 2.46 bits per heavy atom. The molecule has 3 rings (SSSR count). The number of nitrogens with one attached hydrogen (secondary N) is 1. The zero-order chi connectivity index (χ0) is 25.2. The number of nitrogens with zero attached hydrogens (tertiary/aromatic N) is 2. The van der Waals surface area contributed by atoms with Gasteiger partial charge in [0.25, 0.3) is 5.91 Å². The van der Waals surface area contributed by atoms with Crippen LogP contribution >= 0.6 is 0 Å². The van der Waals surface area contributed by atoms with Crippen LogP contribution in [0.15, 0.2) is 71.8 Å². The number of benzene rings is 3. The third kappa shape index (κ3) is 7.50. The number of hydrogen-bond donors (Lipinski definition) is 2. The van der Waals surface area contributed by atoms with Crippen molar-refractivity contribution in [3.05, 3.63) is 83.4 Å². The Hall–Kier alpha value is -4.53. The van der Waals surface area contributed by atoms with E-state index >= 15 is 0 Å². The molecule has 2 N–H and O–H groups in total. The van der Waals surface area contributed by atoms with Crippen LogP contribution in [0, 0.1) is 0 Å². The summed E-state index contributed by atoms with van der Waals surface area (Å²) in [5.41, 5.74) is 5.13. The Morgan fingerprint density at radius 1 is 1.00 bits per heavy atom. The highest BCUT2D eigenvalue weighted by atomic mass is 16.5. The topological polar surface area (TPSA) is 110 Å². The second-order valence-electron chi connectivity index (χ2n) is 7.67. The molecule has 0 aliphatic carbocycles. The van der Waals surface area contributed by atoms with Crippen LogP contribution < -0.4 is 24.5 Å². The van der Waals surface area contributed by atoms with Gasteiger partial charge in [0.2, 0.25) is 0 Å². The molecule has 3 aromatic carbocycles. The van der Waals surface area contributed by atoms with Gasteiger partial charge in [0.05, 0.1) is 18.9 Å². The van der Waals surface area contributed by atoms with Crippen LogP contribution in [0.1, 0.15) is 21.5 Å². The number of anilines is 1. The SMILES string of the molecule is COc1cc(/C=N/NC(=O)COc2cccc(N(C)C)c2)ccc1OCc1ccc(C(=O)O)cc1. The molecule has 3 aromatic rings. The lowest BCUT2D eigenvalue weighted by molar-refractivity contribution is -0.123. The van der Waals surface area contributed by atoms with E-state index in [1.165, 1.54) is 25.5 Å². The van der Waals surface area contributed by atoms with E-state index in [0.717, 1.165) is 11.3 Å². The van der Waals surface area contributed by atoms with Crippen LogP contribution in [0.4, 0.5) is 5.69 Å². The second kappa shape index (κ2) is 12.1. The Bertz CT molecular complexity index is 1190. The fourth-order valence-electron chi connectivity index (χ4n) is 3.00. The molecular formula is C26H27N3O6. The van der Waals surface area contributed by atoms with Gasteiger partial charge in [0.15, 0.2) is 18.1 Å². The molecule has 0 saturated heterocycles. The van der Waals surface area contributed by atoms with Crippen molar-refractivity contribution in [3.63, 3.8) is 0 Å². The number of carboxylic acids is 1. The van der Waals surface area contributed by atoms with E-state index in [4.69, 9.17) is 19.3 Å². The van der Waals surface area contributed by atoms with Crippen LogP contribution in [0.3, 0.4) is 0 Å². The predicted molar refractivity (Wildman–Crippen MR) is 133 cm³/mol. The van der Waals surface area contributed by atoms with Crippen molar-refractivity contribution in [1.82, 2.24) is 5.43 Å². The highest BCUT2D eigenvalue weighted by Gasteiger charge is 2.08. The molecule has 0 saturated carbocycles. The average molecular weight is 478 g/mol. The molecule has 9 heteroatoms. The third-order valence-corrected chi connectivity index (χ3v) is 4.89. The first-order valence-electron chi connectivity index (χ1n) is 10.7. The van der Waals surface area contributed by atoms with E-state index in [-0.39, 0.29) is 18.8 Å². The maximum absolute atomic E-state index is 12.0. The number of rotatable bonds is 11. The van der Waals surface area contributed by atoms with Crippen molar-refractivity contribution >= 4 is 23.8 Å². The van der Waals surface area contributed by atoms with Crippen molar-refractivity contribution in [2.45, 2.75) is 6.61 Å². The number of carboxylic acid groups (broad SMARTS) is 1. The maximum Gasteiger partial charge on any atom is 0.335 e. The van der Waals surface area contributed by atoms with E-state index in [1.54, 1.807) is 36.4 Å². The molecule has 0 fully saturated rings. The van der Waals surface area contributed by atoms with Gasteiger partial charge in [-0.3, -0.25) is 4.79 Å². The minimum atomic E-state index is -0.977. The lowest BCUT2D eigenvalue weighted by Crippen LogP contribution is -2.24. The van der Waals surface area contributed by atoms with E-state index < -0.39 is 11.9 Å². The Balaban J connectivity index is 1.51. The van der Waals surface area contributed by atoms with Crippen molar-refractivity contribution in [1.29, 1.82) is 0 Å². The fraction of sp³-hybridized carbons (Fsp3) is 0.192. The van der Waals surface area contributed by atoms with Gasteiger partial charge in [0, 0.05) is 25.8 Å². The molecule has 0 aliphatic heterocycles. The zero-order valence-corrected chi connectivity index (χ0v) is 19.7. The van der Waals surface area contributed by atoms with Crippen LogP contribution in [-0.4, -0.2) is 51.0 Å². The van der Waals surface area contributed by atoms with Gasteiger partial charge < -0.3 is 24.2 Å². The first-order valence-corrected chi connectivity index (χ1v) is 10.7. The van der Waals surface area contributed by atoms with Crippen molar-refractivity contribution in [2.24, 2.45) is 5.10 Å². The second-order valence-corrected chi connectivity index (χ2v) is 7.67. The molecule has 0 spiro atoms. The molecule has 0 aliphatic rings. The molecule has 9 nitrogen and oxygen atoms in total. The first-order chi connectivity index (χ1) is 16.9. The molecule has 0 aromatic heterocycles. The summed E-state index contributed by atoms with van der Waals surface area (Å²) in [6, 6.07) is 19.1. The zero-order valence-electron chi connectivity index (χ0n) is 19.7. The summed E-state index contributed by atoms with van der Waals surface area (Å²) in [5.74, 6) is 0.233. The molecule has 0 radical (unpaired) electrons. The minimum absolute atomic E-state index is 0.169. The first kappa shape index (κ1) is 25.1. The molecule has 182 valence electrons. The number of hydrogen-bond acceptors (Lipinski definition) is 7.